The zero-order chi connectivity index (χ0) is 14.4. The summed E-state index contributed by atoms with van der Waals surface area (Å²) in [4.78, 5) is 0. The van der Waals surface area contributed by atoms with Crippen molar-refractivity contribution < 1.29 is 4.74 Å². The molecule has 2 aliphatic carbocycles. The van der Waals surface area contributed by atoms with Crippen LogP contribution in [0.5, 0.6) is 5.75 Å². The molecule has 2 atom stereocenters. The molecule has 4 rings (SSSR count). The molecular formula is C18H20BrNO. The van der Waals surface area contributed by atoms with Gasteiger partial charge in [0.05, 0.1) is 0 Å². The highest BCUT2D eigenvalue weighted by Crippen LogP contribution is 2.53. The molecule has 2 aliphatic rings. The number of benzene rings is 2. The van der Waals surface area contributed by atoms with Gasteiger partial charge in [0.15, 0.2) is 0 Å². The highest BCUT2D eigenvalue weighted by Gasteiger charge is 2.56. The topological polar surface area (TPSA) is 35.2 Å². The molecule has 0 heterocycles. The predicted octanol–water partition coefficient (Wildman–Crippen LogP) is 4.64. The molecule has 3 heteroatoms. The molecule has 2 nitrogen and oxygen atoms in total. The number of rotatable bonds is 2. The Labute approximate surface area is 133 Å². The van der Waals surface area contributed by atoms with E-state index in [1.54, 1.807) is 0 Å². The largest absolute Gasteiger partial charge is 0.490 e. The lowest BCUT2D eigenvalue weighted by Gasteiger charge is -2.52. The predicted molar refractivity (Wildman–Crippen MR) is 89.6 cm³/mol. The van der Waals surface area contributed by atoms with Crippen LogP contribution in [0.15, 0.2) is 40.9 Å². The molecule has 2 N–H and O–H groups in total. The Kier molecular flexibility index (Phi) is 3.23. The number of hydrogen-bond donors (Lipinski definition) is 1. The maximum absolute atomic E-state index is 6.31. The quantitative estimate of drug-likeness (QED) is 0.860. The molecular weight excluding hydrogens is 326 g/mol. The first-order valence-electron chi connectivity index (χ1n) is 7.79. The molecule has 0 radical (unpaired) electrons. The van der Waals surface area contributed by atoms with Crippen LogP contribution in [0.2, 0.25) is 0 Å². The van der Waals surface area contributed by atoms with E-state index >= 15 is 0 Å². The van der Waals surface area contributed by atoms with Gasteiger partial charge in [0.25, 0.3) is 0 Å². The summed E-state index contributed by atoms with van der Waals surface area (Å²) in [5, 5.41) is 2.46. The van der Waals surface area contributed by atoms with Gasteiger partial charge >= 0.3 is 0 Å². The van der Waals surface area contributed by atoms with E-state index in [0.29, 0.717) is 12.1 Å². The van der Waals surface area contributed by atoms with Gasteiger partial charge in [-0.2, -0.15) is 0 Å². The summed E-state index contributed by atoms with van der Waals surface area (Å²) in [6.45, 7) is 0. The van der Waals surface area contributed by atoms with Crippen molar-refractivity contribution in [1.82, 2.24) is 0 Å². The first-order valence-corrected chi connectivity index (χ1v) is 8.58. The van der Waals surface area contributed by atoms with Crippen LogP contribution in [0.25, 0.3) is 10.8 Å². The van der Waals surface area contributed by atoms with Crippen LogP contribution in [0.3, 0.4) is 0 Å². The van der Waals surface area contributed by atoms with Crippen LogP contribution in [-0.4, -0.2) is 12.1 Å². The number of ether oxygens (including phenoxy) is 1. The summed E-state index contributed by atoms with van der Waals surface area (Å²) in [6, 6.07) is 13.0. The SMILES string of the molecule is NC1CC(Oc2ccc3cc(Br)ccc3c2)C12CCCC2. The second-order valence-electron chi connectivity index (χ2n) is 6.54. The molecule has 2 fully saturated rings. The summed E-state index contributed by atoms with van der Waals surface area (Å²) in [5.74, 6) is 0.980. The van der Waals surface area contributed by atoms with Crippen molar-refractivity contribution in [1.29, 1.82) is 0 Å². The summed E-state index contributed by atoms with van der Waals surface area (Å²) in [6.07, 6.45) is 6.39. The third-order valence-corrected chi connectivity index (χ3v) is 5.93. The minimum Gasteiger partial charge on any atom is -0.490 e. The van der Waals surface area contributed by atoms with E-state index < -0.39 is 0 Å². The van der Waals surface area contributed by atoms with Gasteiger partial charge in [-0.15, -0.1) is 0 Å². The number of hydrogen-bond acceptors (Lipinski definition) is 2. The van der Waals surface area contributed by atoms with Gasteiger partial charge in [0.2, 0.25) is 0 Å². The summed E-state index contributed by atoms with van der Waals surface area (Å²) in [7, 11) is 0. The van der Waals surface area contributed by atoms with Gasteiger partial charge in [-0.3, -0.25) is 0 Å². The Morgan fingerprint density at radius 3 is 2.52 bits per heavy atom. The van der Waals surface area contributed by atoms with Gasteiger partial charge < -0.3 is 10.5 Å². The average Bonchev–Trinajstić information content (AvgIpc) is 3.00. The van der Waals surface area contributed by atoms with Gasteiger partial charge in [0.1, 0.15) is 11.9 Å². The second kappa shape index (κ2) is 4.99. The Morgan fingerprint density at radius 2 is 1.76 bits per heavy atom. The Balaban J connectivity index is 1.59. The first kappa shape index (κ1) is 13.6. The lowest BCUT2D eigenvalue weighted by molar-refractivity contribution is -0.0619. The second-order valence-corrected chi connectivity index (χ2v) is 7.46. The molecule has 2 saturated carbocycles. The minimum absolute atomic E-state index is 0.259. The van der Waals surface area contributed by atoms with E-state index in [1.165, 1.54) is 36.5 Å². The summed E-state index contributed by atoms with van der Waals surface area (Å²) >= 11 is 3.51. The molecule has 0 bridgehead atoms. The van der Waals surface area contributed by atoms with Crippen LogP contribution in [0.4, 0.5) is 0 Å². The monoisotopic (exact) mass is 345 g/mol. The molecule has 2 aromatic rings. The minimum atomic E-state index is 0.259. The van der Waals surface area contributed by atoms with E-state index in [4.69, 9.17) is 10.5 Å². The van der Waals surface area contributed by atoms with E-state index in [2.05, 4.69) is 52.3 Å². The van der Waals surface area contributed by atoms with E-state index in [9.17, 15) is 0 Å². The van der Waals surface area contributed by atoms with Crippen molar-refractivity contribution in [2.45, 2.75) is 44.2 Å². The molecule has 2 aromatic carbocycles. The maximum atomic E-state index is 6.31. The molecule has 0 aromatic heterocycles. The van der Waals surface area contributed by atoms with E-state index in [0.717, 1.165) is 16.6 Å². The van der Waals surface area contributed by atoms with Crippen molar-refractivity contribution in [3.05, 3.63) is 40.9 Å². The lowest BCUT2D eigenvalue weighted by Crippen LogP contribution is -2.62. The fourth-order valence-corrected chi connectivity index (χ4v) is 4.48. The molecule has 0 amide bonds. The zero-order valence-corrected chi connectivity index (χ0v) is 13.6. The van der Waals surface area contributed by atoms with Crippen LogP contribution >= 0.6 is 15.9 Å². The van der Waals surface area contributed by atoms with Gasteiger partial charge in [-0.05, 0) is 47.9 Å². The van der Waals surface area contributed by atoms with Crippen LogP contribution < -0.4 is 10.5 Å². The normalized spacial score (nSPS) is 27.0. The van der Waals surface area contributed by atoms with Crippen LogP contribution in [-0.2, 0) is 0 Å². The molecule has 21 heavy (non-hydrogen) atoms. The van der Waals surface area contributed by atoms with Gasteiger partial charge in [-0.1, -0.05) is 40.9 Å². The zero-order valence-electron chi connectivity index (χ0n) is 12.0. The van der Waals surface area contributed by atoms with Gasteiger partial charge in [-0.25, -0.2) is 0 Å². The van der Waals surface area contributed by atoms with Crippen LogP contribution in [0, 0.1) is 5.41 Å². The first-order chi connectivity index (χ1) is 10.2. The van der Waals surface area contributed by atoms with Crippen molar-refractivity contribution in [3.8, 4) is 5.75 Å². The highest BCUT2D eigenvalue weighted by molar-refractivity contribution is 9.10. The molecule has 110 valence electrons. The molecule has 2 unspecified atom stereocenters. The fraction of sp³-hybridized carbons (Fsp3) is 0.444. The Morgan fingerprint density at radius 1 is 1.05 bits per heavy atom. The third-order valence-electron chi connectivity index (χ3n) is 5.43. The third kappa shape index (κ3) is 2.18. The highest BCUT2D eigenvalue weighted by atomic mass is 79.9. The molecule has 0 aliphatic heterocycles. The average molecular weight is 346 g/mol. The number of nitrogens with two attached hydrogens (primary N) is 1. The standard InChI is InChI=1S/C18H20BrNO/c19-14-5-3-13-10-15(6-4-12(13)9-14)21-17-11-16(20)18(17)7-1-2-8-18/h3-6,9-10,16-17H,1-2,7-8,11,20H2. The van der Waals surface area contributed by atoms with Gasteiger partial charge in [0, 0.05) is 22.4 Å². The Hall–Kier alpha value is -1.06. The number of fused-ring (bicyclic) bond motifs is 1. The molecule has 1 spiro atoms. The summed E-state index contributed by atoms with van der Waals surface area (Å²) < 4.78 is 7.41. The van der Waals surface area contributed by atoms with E-state index in [1.807, 2.05) is 0 Å². The van der Waals surface area contributed by atoms with E-state index in [-0.39, 0.29) is 5.41 Å². The number of halogens is 1. The van der Waals surface area contributed by atoms with Crippen molar-refractivity contribution in [3.63, 3.8) is 0 Å². The molecule has 0 saturated heterocycles. The van der Waals surface area contributed by atoms with Crippen molar-refractivity contribution >= 4 is 26.7 Å². The van der Waals surface area contributed by atoms with Crippen molar-refractivity contribution in [2.24, 2.45) is 11.1 Å². The van der Waals surface area contributed by atoms with Crippen molar-refractivity contribution in [2.75, 3.05) is 0 Å². The van der Waals surface area contributed by atoms with Crippen LogP contribution in [0.1, 0.15) is 32.1 Å². The smallest absolute Gasteiger partial charge is 0.120 e. The lowest BCUT2D eigenvalue weighted by atomic mass is 9.61. The fourth-order valence-electron chi connectivity index (χ4n) is 4.10. The Bertz CT molecular complexity index is 678. The summed E-state index contributed by atoms with van der Waals surface area (Å²) in [5.41, 5.74) is 6.54. The maximum Gasteiger partial charge on any atom is 0.120 e.